The normalized spacial score (nSPS) is 18.6. The van der Waals surface area contributed by atoms with Gasteiger partial charge in [-0.15, -0.1) is 0 Å². The number of nitrogens with one attached hydrogen (secondary N) is 1. The fourth-order valence-corrected chi connectivity index (χ4v) is 2.68. The molecule has 6 nitrogen and oxygen atoms in total. The minimum atomic E-state index is -0.181. The summed E-state index contributed by atoms with van der Waals surface area (Å²) in [6.07, 6.45) is 1.48. The van der Waals surface area contributed by atoms with Crippen LogP contribution in [-0.2, 0) is 4.79 Å². The summed E-state index contributed by atoms with van der Waals surface area (Å²) >= 11 is 1.32. The highest BCUT2D eigenvalue weighted by Crippen LogP contribution is 2.27. The number of anilines is 1. The number of nitrogens with zero attached hydrogens (tertiary/aromatic N) is 2. The number of hydrogen-bond acceptors (Lipinski definition) is 4. The summed E-state index contributed by atoms with van der Waals surface area (Å²) in [6, 6.07) is 9.39. The van der Waals surface area contributed by atoms with Crippen molar-refractivity contribution >= 4 is 29.7 Å². The number of carbonyl (C=O) groups is 1. The van der Waals surface area contributed by atoms with Gasteiger partial charge in [-0.25, -0.2) is 9.03 Å². The van der Waals surface area contributed by atoms with E-state index in [2.05, 4.69) is 9.71 Å². The van der Waals surface area contributed by atoms with Crippen molar-refractivity contribution in [3.05, 3.63) is 30.3 Å². The molecule has 5 N–H and O–H groups in total. The van der Waals surface area contributed by atoms with Crippen molar-refractivity contribution in [3.8, 4) is 0 Å². The summed E-state index contributed by atoms with van der Waals surface area (Å²) in [5.74, 6) is 0.159. The van der Waals surface area contributed by atoms with Crippen molar-refractivity contribution in [1.29, 1.82) is 0 Å². The Morgan fingerprint density at radius 1 is 1.37 bits per heavy atom. The molecule has 102 valence electrons. The average molecular weight is 279 g/mol. The number of nitrogens with two attached hydrogens (primary N) is 2. The predicted octanol–water partition coefficient (Wildman–Crippen LogP) is 0.608. The first-order valence-corrected chi connectivity index (χ1v) is 6.82. The number of aliphatic imine (C=N–C) groups is 1. The van der Waals surface area contributed by atoms with Crippen molar-refractivity contribution in [1.82, 2.24) is 4.72 Å². The Bertz CT molecular complexity index is 460. The van der Waals surface area contributed by atoms with Crippen molar-refractivity contribution in [2.24, 2.45) is 16.5 Å². The van der Waals surface area contributed by atoms with Crippen molar-refractivity contribution in [2.45, 2.75) is 18.9 Å². The summed E-state index contributed by atoms with van der Waals surface area (Å²) in [7, 11) is 0. The third-order valence-electron chi connectivity index (χ3n) is 2.72. The maximum absolute atomic E-state index is 12.2. The third kappa shape index (κ3) is 3.62. The van der Waals surface area contributed by atoms with E-state index in [9.17, 15) is 4.79 Å². The topological polar surface area (TPSA) is 96.7 Å². The quantitative estimate of drug-likeness (QED) is 0.317. The van der Waals surface area contributed by atoms with Crippen LogP contribution in [0, 0.1) is 0 Å². The largest absolute Gasteiger partial charge is 0.370 e. The van der Waals surface area contributed by atoms with Crippen LogP contribution in [0.3, 0.4) is 0 Å². The smallest absolute Gasteiger partial charge is 0.256 e. The second-order valence-corrected chi connectivity index (χ2v) is 4.96. The second kappa shape index (κ2) is 6.44. The molecular weight excluding hydrogens is 262 g/mol. The third-order valence-corrected chi connectivity index (χ3v) is 3.68. The summed E-state index contributed by atoms with van der Waals surface area (Å²) in [4.78, 5) is 16.1. The van der Waals surface area contributed by atoms with E-state index in [-0.39, 0.29) is 17.9 Å². The zero-order chi connectivity index (χ0) is 13.7. The molecule has 0 unspecified atom stereocenters. The van der Waals surface area contributed by atoms with E-state index in [0.717, 1.165) is 12.1 Å². The minimum absolute atomic E-state index is 0.0703. The van der Waals surface area contributed by atoms with Gasteiger partial charge >= 0.3 is 0 Å². The van der Waals surface area contributed by atoms with E-state index in [4.69, 9.17) is 11.5 Å². The Morgan fingerprint density at radius 3 is 2.79 bits per heavy atom. The minimum Gasteiger partial charge on any atom is -0.370 e. The van der Waals surface area contributed by atoms with E-state index in [1.807, 2.05) is 30.3 Å². The van der Waals surface area contributed by atoms with E-state index in [0.29, 0.717) is 13.0 Å². The lowest BCUT2D eigenvalue weighted by atomic mass is 10.1. The van der Waals surface area contributed by atoms with Crippen molar-refractivity contribution < 1.29 is 4.79 Å². The summed E-state index contributed by atoms with van der Waals surface area (Å²) < 4.78 is 4.80. The molecule has 2 rings (SSSR count). The van der Waals surface area contributed by atoms with Crippen LogP contribution in [0.1, 0.15) is 12.8 Å². The molecule has 1 atom stereocenters. The summed E-state index contributed by atoms with van der Waals surface area (Å²) in [5.41, 5.74) is 11.4. The number of guanidine groups is 1. The van der Waals surface area contributed by atoms with Crippen molar-refractivity contribution in [2.75, 3.05) is 10.8 Å². The molecular formula is C12H17N5OS. The highest BCUT2D eigenvalue weighted by molar-refractivity contribution is 8.00. The monoisotopic (exact) mass is 279 g/mol. The molecule has 0 bridgehead atoms. The Labute approximate surface area is 116 Å². The van der Waals surface area contributed by atoms with E-state index in [1.54, 1.807) is 4.31 Å². The average Bonchev–Trinajstić information content (AvgIpc) is 2.77. The predicted molar refractivity (Wildman–Crippen MR) is 78.4 cm³/mol. The van der Waals surface area contributed by atoms with Gasteiger partial charge in [-0.3, -0.25) is 9.79 Å². The van der Waals surface area contributed by atoms with Crippen LogP contribution < -0.4 is 20.5 Å². The summed E-state index contributed by atoms with van der Waals surface area (Å²) in [6.45, 7) is 0.545. The number of para-hydroxylation sites is 1. The van der Waals surface area contributed by atoms with Crippen LogP contribution >= 0.6 is 12.1 Å². The molecule has 1 fully saturated rings. The van der Waals surface area contributed by atoms with Crippen LogP contribution in [0.2, 0.25) is 0 Å². The molecule has 1 aliphatic heterocycles. The molecule has 19 heavy (non-hydrogen) atoms. The molecule has 1 aromatic carbocycles. The zero-order valence-electron chi connectivity index (χ0n) is 10.5. The number of hydrogen-bond donors (Lipinski definition) is 3. The van der Waals surface area contributed by atoms with Gasteiger partial charge in [0.1, 0.15) is 0 Å². The van der Waals surface area contributed by atoms with E-state index in [1.165, 1.54) is 12.1 Å². The lowest BCUT2D eigenvalue weighted by Gasteiger charge is -2.12. The maximum atomic E-state index is 12.2. The molecule has 1 aliphatic rings. The number of carbonyl (C=O) groups excluding carboxylic acids is 1. The lowest BCUT2D eigenvalue weighted by molar-refractivity contribution is -0.118. The fraction of sp³-hybridized carbons (Fsp3) is 0.333. The fourth-order valence-electron chi connectivity index (χ4n) is 1.78. The first-order chi connectivity index (χ1) is 9.18. The SMILES string of the molecule is NC(N)=NCCC[C@@H]1NSN(c2ccccc2)C1=O. The highest BCUT2D eigenvalue weighted by Gasteiger charge is 2.32. The molecule has 0 aliphatic carbocycles. The van der Waals surface area contributed by atoms with Gasteiger partial charge in [-0.05, 0) is 25.0 Å². The van der Waals surface area contributed by atoms with Gasteiger partial charge in [0, 0.05) is 18.7 Å². The van der Waals surface area contributed by atoms with Crippen LogP contribution in [-0.4, -0.2) is 24.5 Å². The molecule has 1 amide bonds. The first kappa shape index (κ1) is 13.7. The van der Waals surface area contributed by atoms with Gasteiger partial charge < -0.3 is 11.5 Å². The maximum Gasteiger partial charge on any atom is 0.256 e. The summed E-state index contributed by atoms with van der Waals surface area (Å²) in [5, 5.41) is 0. The Balaban J connectivity index is 1.86. The van der Waals surface area contributed by atoms with Gasteiger partial charge in [0.25, 0.3) is 5.91 Å². The first-order valence-electron chi connectivity index (χ1n) is 6.05. The van der Waals surface area contributed by atoms with Gasteiger partial charge in [0.15, 0.2) is 5.96 Å². The van der Waals surface area contributed by atoms with Crippen LogP contribution in [0.4, 0.5) is 5.69 Å². The molecule has 0 spiro atoms. The van der Waals surface area contributed by atoms with Crippen molar-refractivity contribution in [3.63, 3.8) is 0 Å². The zero-order valence-corrected chi connectivity index (χ0v) is 11.3. The number of rotatable bonds is 5. The Kier molecular flexibility index (Phi) is 4.64. The van der Waals surface area contributed by atoms with E-state index >= 15 is 0 Å². The van der Waals surface area contributed by atoms with Gasteiger partial charge in [-0.1, -0.05) is 18.2 Å². The van der Waals surface area contributed by atoms with Gasteiger partial charge in [0.05, 0.1) is 11.7 Å². The standard InChI is InChI=1S/C12H17N5OS/c13-12(14)15-8-4-7-10-11(18)17(19-16-10)9-5-2-1-3-6-9/h1-3,5-6,10,16H,4,7-8H2,(H4,13,14,15)/t10-/m0/s1. The van der Waals surface area contributed by atoms with E-state index < -0.39 is 0 Å². The van der Waals surface area contributed by atoms with Gasteiger partial charge in [0.2, 0.25) is 0 Å². The molecule has 0 saturated carbocycles. The molecule has 7 heteroatoms. The molecule has 1 heterocycles. The second-order valence-electron chi connectivity index (χ2n) is 4.18. The molecule has 0 aromatic heterocycles. The Hall–Kier alpha value is -1.73. The lowest BCUT2D eigenvalue weighted by Crippen LogP contribution is -2.30. The van der Waals surface area contributed by atoms with Crippen LogP contribution in [0.25, 0.3) is 0 Å². The molecule has 1 aromatic rings. The van der Waals surface area contributed by atoms with Crippen LogP contribution in [0.15, 0.2) is 35.3 Å². The Morgan fingerprint density at radius 2 is 2.11 bits per heavy atom. The number of amides is 1. The van der Waals surface area contributed by atoms with Gasteiger partial charge in [-0.2, -0.15) is 0 Å². The number of benzene rings is 1. The highest BCUT2D eigenvalue weighted by atomic mass is 32.2. The molecule has 0 radical (unpaired) electrons. The molecule has 1 saturated heterocycles. The van der Waals surface area contributed by atoms with Crippen LogP contribution in [0.5, 0.6) is 0 Å².